The van der Waals surface area contributed by atoms with E-state index in [9.17, 15) is 4.79 Å². The maximum absolute atomic E-state index is 11.6. The molecule has 4 saturated carbocycles. The first-order valence-corrected chi connectivity index (χ1v) is 7.23. The lowest BCUT2D eigenvalue weighted by Crippen LogP contribution is -2.65. The fourth-order valence-electron chi connectivity index (χ4n) is 5.46. The molecule has 2 atom stereocenters. The van der Waals surface area contributed by atoms with Crippen LogP contribution in [-0.4, -0.2) is 26.2 Å². The Bertz CT molecular complexity index is 496. The second kappa shape index (κ2) is 3.58. The van der Waals surface area contributed by atoms with Crippen molar-refractivity contribution < 1.29 is 4.79 Å². The summed E-state index contributed by atoms with van der Waals surface area (Å²) in [5.41, 5.74) is 0.116. The Morgan fingerprint density at radius 2 is 2.05 bits per heavy atom. The van der Waals surface area contributed by atoms with Crippen molar-refractivity contribution in [3.63, 3.8) is 0 Å². The van der Waals surface area contributed by atoms with Crippen LogP contribution in [0.4, 0.5) is 0 Å². The SMILES string of the molecule is CC(=O)NC12CC3CC(C1)CC(n1cncn1)(C3)C2. The van der Waals surface area contributed by atoms with Gasteiger partial charge in [-0.25, -0.2) is 9.67 Å². The molecular formula is C14H20N4O. The molecule has 0 saturated heterocycles. The van der Waals surface area contributed by atoms with E-state index in [2.05, 4.69) is 20.1 Å². The highest BCUT2D eigenvalue weighted by Gasteiger charge is 2.59. The van der Waals surface area contributed by atoms with Gasteiger partial charge in [-0.2, -0.15) is 5.10 Å². The summed E-state index contributed by atoms with van der Waals surface area (Å²) in [5.74, 6) is 1.57. The Morgan fingerprint density at radius 3 is 2.63 bits per heavy atom. The van der Waals surface area contributed by atoms with Crippen molar-refractivity contribution >= 4 is 5.91 Å². The molecule has 5 rings (SSSR count). The van der Waals surface area contributed by atoms with Crippen LogP contribution in [-0.2, 0) is 10.3 Å². The first-order chi connectivity index (χ1) is 9.09. The van der Waals surface area contributed by atoms with Gasteiger partial charge in [-0.3, -0.25) is 4.79 Å². The average Bonchev–Trinajstić information content (AvgIpc) is 2.78. The van der Waals surface area contributed by atoms with E-state index in [1.807, 2.05) is 6.33 Å². The van der Waals surface area contributed by atoms with Gasteiger partial charge in [0.25, 0.3) is 0 Å². The third-order valence-electron chi connectivity index (χ3n) is 5.38. The summed E-state index contributed by atoms with van der Waals surface area (Å²) < 4.78 is 2.07. The van der Waals surface area contributed by atoms with Gasteiger partial charge in [0.2, 0.25) is 5.91 Å². The Kier molecular flexibility index (Phi) is 2.16. The number of rotatable bonds is 2. The lowest BCUT2D eigenvalue weighted by atomic mass is 9.50. The van der Waals surface area contributed by atoms with Crippen molar-refractivity contribution in [2.45, 2.75) is 56.5 Å². The second-order valence-electron chi connectivity index (χ2n) is 6.99. The molecular weight excluding hydrogens is 240 g/mol. The zero-order chi connectivity index (χ0) is 13.1. The van der Waals surface area contributed by atoms with Gasteiger partial charge in [-0.15, -0.1) is 0 Å². The largest absolute Gasteiger partial charge is 0.351 e. The monoisotopic (exact) mass is 260 g/mol. The van der Waals surface area contributed by atoms with E-state index in [1.165, 1.54) is 19.3 Å². The van der Waals surface area contributed by atoms with Crippen LogP contribution in [0.25, 0.3) is 0 Å². The number of aromatic nitrogens is 3. The van der Waals surface area contributed by atoms with E-state index in [-0.39, 0.29) is 17.0 Å². The molecule has 1 aromatic heterocycles. The first-order valence-electron chi connectivity index (χ1n) is 7.23. The average molecular weight is 260 g/mol. The first kappa shape index (κ1) is 11.4. The number of hydrogen-bond donors (Lipinski definition) is 1. The van der Waals surface area contributed by atoms with Crippen LogP contribution in [0.3, 0.4) is 0 Å². The smallest absolute Gasteiger partial charge is 0.217 e. The summed E-state index contributed by atoms with van der Waals surface area (Å²) in [6, 6.07) is 0. The molecule has 102 valence electrons. The molecule has 5 nitrogen and oxygen atoms in total. The lowest BCUT2D eigenvalue weighted by Gasteiger charge is -2.61. The Labute approximate surface area is 112 Å². The third kappa shape index (κ3) is 1.63. The predicted molar refractivity (Wildman–Crippen MR) is 69.2 cm³/mol. The summed E-state index contributed by atoms with van der Waals surface area (Å²) >= 11 is 0. The van der Waals surface area contributed by atoms with Gasteiger partial charge < -0.3 is 5.32 Å². The normalized spacial score (nSPS) is 43.4. The van der Waals surface area contributed by atoms with Crippen molar-refractivity contribution in [2.75, 3.05) is 0 Å². The highest BCUT2D eigenvalue weighted by molar-refractivity contribution is 5.74. The quantitative estimate of drug-likeness (QED) is 0.875. The minimum Gasteiger partial charge on any atom is -0.351 e. The van der Waals surface area contributed by atoms with Crippen molar-refractivity contribution in [1.82, 2.24) is 20.1 Å². The van der Waals surface area contributed by atoms with Crippen LogP contribution in [0.2, 0.25) is 0 Å². The van der Waals surface area contributed by atoms with E-state index >= 15 is 0 Å². The Hall–Kier alpha value is -1.39. The van der Waals surface area contributed by atoms with Gasteiger partial charge in [0.15, 0.2) is 0 Å². The van der Waals surface area contributed by atoms with Crippen molar-refractivity contribution in [3.05, 3.63) is 12.7 Å². The highest BCUT2D eigenvalue weighted by Crippen LogP contribution is 2.60. The minimum atomic E-state index is 0.0157. The summed E-state index contributed by atoms with van der Waals surface area (Å²) in [6.07, 6.45) is 10.5. The van der Waals surface area contributed by atoms with E-state index < -0.39 is 0 Å². The Morgan fingerprint density at radius 1 is 1.32 bits per heavy atom. The van der Waals surface area contributed by atoms with E-state index in [0.29, 0.717) is 0 Å². The standard InChI is InChI=1S/C14H20N4O/c1-10(19)17-13-3-11-2-12(4-13)6-14(5-11,7-13)18-9-15-8-16-18/h8-9,11-12H,2-7H2,1H3,(H,17,19). The van der Waals surface area contributed by atoms with Gasteiger partial charge in [0.05, 0.1) is 5.54 Å². The van der Waals surface area contributed by atoms with E-state index in [0.717, 1.165) is 31.1 Å². The molecule has 19 heavy (non-hydrogen) atoms. The molecule has 0 spiro atoms. The molecule has 4 aliphatic carbocycles. The van der Waals surface area contributed by atoms with Crippen molar-refractivity contribution in [3.8, 4) is 0 Å². The molecule has 0 aromatic carbocycles. The number of carbonyl (C=O) groups excluding carboxylic acids is 1. The lowest BCUT2D eigenvalue weighted by molar-refractivity contribution is -0.128. The van der Waals surface area contributed by atoms with Crippen LogP contribution in [0, 0.1) is 11.8 Å². The molecule has 0 aliphatic heterocycles. The predicted octanol–water partition coefficient (Wildman–Crippen LogP) is 1.46. The van der Waals surface area contributed by atoms with Crippen LogP contribution in [0.1, 0.15) is 45.4 Å². The molecule has 5 heteroatoms. The highest BCUT2D eigenvalue weighted by atomic mass is 16.1. The molecule has 1 N–H and O–H groups in total. The third-order valence-corrected chi connectivity index (χ3v) is 5.38. The number of amides is 1. The number of nitrogens with one attached hydrogen (secondary N) is 1. The summed E-state index contributed by atoms with van der Waals surface area (Å²) in [6.45, 7) is 1.64. The van der Waals surface area contributed by atoms with Crippen LogP contribution >= 0.6 is 0 Å². The van der Waals surface area contributed by atoms with Gasteiger partial charge in [-0.05, 0) is 50.4 Å². The summed E-state index contributed by atoms with van der Waals surface area (Å²) in [5, 5.41) is 7.68. The van der Waals surface area contributed by atoms with Crippen LogP contribution in [0.15, 0.2) is 12.7 Å². The van der Waals surface area contributed by atoms with E-state index in [4.69, 9.17) is 0 Å². The van der Waals surface area contributed by atoms with Crippen molar-refractivity contribution in [2.24, 2.45) is 11.8 Å². The van der Waals surface area contributed by atoms with Crippen LogP contribution < -0.4 is 5.32 Å². The summed E-state index contributed by atoms with van der Waals surface area (Å²) in [7, 11) is 0. The van der Waals surface area contributed by atoms with Gasteiger partial charge >= 0.3 is 0 Å². The Balaban J connectivity index is 1.74. The molecule has 4 bridgehead atoms. The fourth-order valence-corrected chi connectivity index (χ4v) is 5.46. The zero-order valence-electron chi connectivity index (χ0n) is 11.3. The fraction of sp³-hybridized carbons (Fsp3) is 0.786. The zero-order valence-corrected chi connectivity index (χ0v) is 11.3. The van der Waals surface area contributed by atoms with Gasteiger partial charge in [0, 0.05) is 12.5 Å². The van der Waals surface area contributed by atoms with Crippen LogP contribution in [0.5, 0.6) is 0 Å². The molecule has 4 fully saturated rings. The molecule has 1 aromatic rings. The maximum Gasteiger partial charge on any atom is 0.217 e. The maximum atomic E-state index is 11.6. The van der Waals surface area contributed by atoms with Crippen molar-refractivity contribution in [1.29, 1.82) is 0 Å². The van der Waals surface area contributed by atoms with E-state index in [1.54, 1.807) is 13.3 Å². The summed E-state index contributed by atoms with van der Waals surface area (Å²) in [4.78, 5) is 15.7. The number of carbonyl (C=O) groups is 1. The molecule has 1 amide bonds. The second-order valence-corrected chi connectivity index (χ2v) is 6.99. The number of nitrogens with zero attached hydrogens (tertiary/aromatic N) is 3. The number of hydrogen-bond acceptors (Lipinski definition) is 3. The van der Waals surface area contributed by atoms with Gasteiger partial charge in [-0.1, -0.05) is 0 Å². The molecule has 1 heterocycles. The van der Waals surface area contributed by atoms with Gasteiger partial charge in [0.1, 0.15) is 12.7 Å². The molecule has 4 aliphatic rings. The topological polar surface area (TPSA) is 59.8 Å². The minimum absolute atomic E-state index is 0.0157. The molecule has 0 radical (unpaired) electrons. The molecule has 2 unspecified atom stereocenters.